The molecule has 4 heterocycles. The largest absolute Gasteiger partial charge is 0.389 e. The number of hydrogen-bond donors (Lipinski definition) is 3. The standard InChI is InChI=1S/C33H39N5O4S/c1-21-20-43-32(35-21)28-11-6-15-38(28)33(42)24-17-23(18-25(19-24)37-14-7-12-29(37)39)31(41)36-27(16-22-8-3-2-4-9-22)30(40)26-10-5-13-34-26/h2-4,8-9,17-20,26-28,30,34,40H,5-7,10-16H2,1H3,(H,36,41)/t26-,27+,28-,30-/m1/s1. The highest BCUT2D eigenvalue weighted by molar-refractivity contribution is 7.09. The van der Waals surface area contributed by atoms with Crippen LogP contribution in [0, 0.1) is 6.92 Å². The summed E-state index contributed by atoms with van der Waals surface area (Å²) in [5.74, 6) is -0.569. The maximum absolute atomic E-state index is 14.0. The Morgan fingerprint density at radius 2 is 1.91 bits per heavy atom. The van der Waals surface area contributed by atoms with Gasteiger partial charge < -0.3 is 25.5 Å². The molecule has 0 bridgehead atoms. The van der Waals surface area contributed by atoms with Crippen molar-refractivity contribution < 1.29 is 19.5 Å². The number of aliphatic hydroxyl groups excluding tert-OH is 1. The van der Waals surface area contributed by atoms with Crippen LogP contribution in [0.2, 0.25) is 0 Å². The number of thiazole rings is 1. The summed E-state index contributed by atoms with van der Waals surface area (Å²) in [6.07, 6.45) is 4.37. The average molecular weight is 602 g/mol. The van der Waals surface area contributed by atoms with Crippen molar-refractivity contribution in [3.05, 3.63) is 81.3 Å². The molecule has 3 aliphatic heterocycles. The number of nitrogens with zero attached hydrogens (tertiary/aromatic N) is 3. The van der Waals surface area contributed by atoms with E-state index in [9.17, 15) is 19.5 Å². The lowest BCUT2D eigenvalue weighted by Gasteiger charge is -2.29. The third-order valence-corrected chi connectivity index (χ3v) is 9.85. The summed E-state index contributed by atoms with van der Waals surface area (Å²) in [4.78, 5) is 48.8. The SMILES string of the molecule is Cc1csc([C@H]2CCCN2C(=O)c2cc(C(=O)N[C@@H](Cc3ccccc3)[C@H](O)[C@H]3CCCN3)cc(N3CCCC3=O)c2)n1. The number of carbonyl (C=O) groups is 3. The van der Waals surface area contributed by atoms with Crippen LogP contribution >= 0.6 is 11.3 Å². The number of amides is 3. The minimum Gasteiger partial charge on any atom is -0.389 e. The van der Waals surface area contributed by atoms with Crippen molar-refractivity contribution in [3.63, 3.8) is 0 Å². The average Bonchev–Trinajstić information content (AvgIpc) is 3.84. The van der Waals surface area contributed by atoms with Gasteiger partial charge in [0.1, 0.15) is 5.01 Å². The van der Waals surface area contributed by atoms with E-state index >= 15 is 0 Å². The van der Waals surface area contributed by atoms with Crippen molar-refractivity contribution >= 4 is 34.7 Å². The second-order valence-corrected chi connectivity index (χ2v) is 12.8. The Balaban J connectivity index is 1.30. The van der Waals surface area contributed by atoms with Crippen LogP contribution in [0.3, 0.4) is 0 Å². The third kappa shape index (κ3) is 6.51. The Hall–Kier alpha value is -3.60. The van der Waals surface area contributed by atoms with Crippen LogP contribution in [0.25, 0.3) is 0 Å². The number of nitrogens with one attached hydrogen (secondary N) is 2. The normalized spacial score (nSPS) is 21.8. The Labute approximate surface area is 256 Å². The molecule has 43 heavy (non-hydrogen) atoms. The minimum absolute atomic E-state index is 0.0158. The third-order valence-electron chi connectivity index (χ3n) is 8.79. The summed E-state index contributed by atoms with van der Waals surface area (Å²) >= 11 is 1.56. The monoisotopic (exact) mass is 601 g/mol. The maximum Gasteiger partial charge on any atom is 0.254 e. The zero-order valence-corrected chi connectivity index (χ0v) is 25.3. The number of aromatic nitrogens is 1. The quantitative estimate of drug-likeness (QED) is 0.342. The predicted octanol–water partition coefficient (Wildman–Crippen LogP) is 4.01. The van der Waals surface area contributed by atoms with Gasteiger partial charge in [-0.2, -0.15) is 0 Å². The molecule has 226 valence electrons. The smallest absolute Gasteiger partial charge is 0.254 e. The molecule has 9 nitrogen and oxygen atoms in total. The van der Waals surface area contributed by atoms with Crippen LogP contribution in [0.4, 0.5) is 5.69 Å². The van der Waals surface area contributed by atoms with Gasteiger partial charge in [0.15, 0.2) is 0 Å². The molecular weight excluding hydrogens is 562 g/mol. The van der Waals surface area contributed by atoms with Gasteiger partial charge >= 0.3 is 0 Å². The second-order valence-electron chi connectivity index (χ2n) is 11.9. The molecule has 2 aromatic carbocycles. The van der Waals surface area contributed by atoms with E-state index in [1.165, 1.54) is 0 Å². The van der Waals surface area contributed by atoms with Crippen molar-refractivity contribution in [2.75, 3.05) is 24.5 Å². The van der Waals surface area contributed by atoms with Crippen LogP contribution in [-0.2, 0) is 11.2 Å². The molecule has 0 unspecified atom stereocenters. The highest BCUT2D eigenvalue weighted by Gasteiger charge is 2.35. The van der Waals surface area contributed by atoms with Crippen molar-refractivity contribution in [2.24, 2.45) is 0 Å². The molecule has 0 saturated carbocycles. The zero-order valence-electron chi connectivity index (χ0n) is 24.5. The topological polar surface area (TPSA) is 115 Å². The molecule has 0 radical (unpaired) electrons. The van der Waals surface area contributed by atoms with Gasteiger partial charge in [-0.25, -0.2) is 4.98 Å². The molecule has 3 aliphatic rings. The van der Waals surface area contributed by atoms with Crippen LogP contribution in [0.5, 0.6) is 0 Å². The Morgan fingerprint density at radius 3 is 2.60 bits per heavy atom. The fourth-order valence-corrected chi connectivity index (χ4v) is 7.50. The number of anilines is 1. The lowest BCUT2D eigenvalue weighted by Crippen LogP contribution is -2.52. The first-order valence-electron chi connectivity index (χ1n) is 15.3. The van der Waals surface area contributed by atoms with Gasteiger partial charge in [-0.05, 0) is 75.8 Å². The van der Waals surface area contributed by atoms with E-state index in [0.29, 0.717) is 42.7 Å². The van der Waals surface area contributed by atoms with E-state index in [4.69, 9.17) is 0 Å². The molecule has 0 aliphatic carbocycles. The molecule has 0 spiro atoms. The number of carbonyl (C=O) groups excluding carboxylic acids is 3. The molecule has 3 amide bonds. The van der Waals surface area contributed by atoms with E-state index < -0.39 is 12.1 Å². The number of hydrogen-bond acceptors (Lipinski definition) is 7. The highest BCUT2D eigenvalue weighted by Crippen LogP contribution is 2.35. The summed E-state index contributed by atoms with van der Waals surface area (Å²) in [6.45, 7) is 3.94. The Morgan fingerprint density at radius 1 is 1.09 bits per heavy atom. The summed E-state index contributed by atoms with van der Waals surface area (Å²) in [6, 6.07) is 14.1. The molecule has 1 aromatic heterocycles. The van der Waals surface area contributed by atoms with E-state index in [-0.39, 0.29) is 29.8 Å². The van der Waals surface area contributed by atoms with E-state index in [1.807, 2.05) is 47.5 Å². The van der Waals surface area contributed by atoms with E-state index in [2.05, 4.69) is 15.6 Å². The number of benzene rings is 2. The summed E-state index contributed by atoms with van der Waals surface area (Å²) < 4.78 is 0. The van der Waals surface area contributed by atoms with Crippen molar-refractivity contribution in [3.8, 4) is 0 Å². The molecule has 3 aromatic rings. The van der Waals surface area contributed by atoms with Gasteiger partial charge in [0.2, 0.25) is 5.91 Å². The zero-order chi connectivity index (χ0) is 29.9. The van der Waals surface area contributed by atoms with Gasteiger partial charge in [0.05, 0.1) is 18.2 Å². The number of aryl methyl sites for hydroxylation is 1. The number of aliphatic hydroxyl groups is 1. The fourth-order valence-electron chi connectivity index (χ4n) is 6.56. The first kappa shape index (κ1) is 29.5. The predicted molar refractivity (Wildman–Crippen MR) is 166 cm³/mol. The van der Waals surface area contributed by atoms with Gasteiger partial charge in [-0.15, -0.1) is 11.3 Å². The summed E-state index contributed by atoms with van der Waals surface area (Å²) in [7, 11) is 0. The molecule has 4 atom stereocenters. The molecule has 3 fully saturated rings. The lowest BCUT2D eigenvalue weighted by molar-refractivity contribution is -0.117. The Bertz CT molecular complexity index is 1470. The van der Waals surface area contributed by atoms with Crippen molar-refractivity contribution in [1.29, 1.82) is 0 Å². The fraction of sp³-hybridized carbons (Fsp3) is 0.455. The van der Waals surface area contributed by atoms with Crippen LogP contribution in [-0.4, -0.2) is 70.5 Å². The van der Waals surface area contributed by atoms with Crippen LogP contribution < -0.4 is 15.5 Å². The van der Waals surface area contributed by atoms with E-state index in [0.717, 1.165) is 54.9 Å². The molecular formula is C33H39N5O4S. The van der Waals surface area contributed by atoms with Gasteiger partial charge in [-0.3, -0.25) is 14.4 Å². The van der Waals surface area contributed by atoms with Crippen molar-refractivity contribution in [1.82, 2.24) is 20.5 Å². The summed E-state index contributed by atoms with van der Waals surface area (Å²) in [5.41, 5.74) is 3.17. The number of likely N-dealkylation sites (tertiary alicyclic amines) is 1. The second kappa shape index (κ2) is 13.0. The van der Waals surface area contributed by atoms with Crippen LogP contribution in [0.15, 0.2) is 53.9 Å². The summed E-state index contributed by atoms with van der Waals surface area (Å²) in [5, 5.41) is 20.7. The lowest BCUT2D eigenvalue weighted by atomic mass is 9.95. The van der Waals surface area contributed by atoms with Crippen molar-refractivity contribution in [2.45, 2.75) is 76.1 Å². The van der Waals surface area contributed by atoms with Crippen LogP contribution in [0.1, 0.15) is 81.5 Å². The van der Waals surface area contributed by atoms with Gasteiger partial charge in [0, 0.05) is 53.4 Å². The Kier molecular flexibility index (Phi) is 8.88. The van der Waals surface area contributed by atoms with E-state index in [1.54, 1.807) is 34.4 Å². The first-order valence-corrected chi connectivity index (χ1v) is 16.2. The molecule has 3 saturated heterocycles. The minimum atomic E-state index is -0.789. The first-order chi connectivity index (χ1) is 20.9. The van der Waals surface area contributed by atoms with Gasteiger partial charge in [0.25, 0.3) is 11.8 Å². The molecule has 3 N–H and O–H groups in total. The molecule has 10 heteroatoms. The molecule has 6 rings (SSSR count). The number of rotatable bonds is 9. The van der Waals surface area contributed by atoms with Gasteiger partial charge in [-0.1, -0.05) is 30.3 Å². The maximum atomic E-state index is 14.0. The highest BCUT2D eigenvalue weighted by atomic mass is 32.1.